The lowest BCUT2D eigenvalue weighted by atomic mass is 10.1. The van der Waals surface area contributed by atoms with E-state index in [1.165, 1.54) is 12.3 Å². The molecule has 4 N–H and O–H groups in total. The number of hydrogen-bond acceptors (Lipinski definition) is 6. The molecule has 7 nitrogen and oxygen atoms in total. The van der Waals surface area contributed by atoms with Gasteiger partial charge in [0.25, 0.3) is 0 Å². The average molecular weight is 324 g/mol. The van der Waals surface area contributed by atoms with E-state index in [4.69, 9.17) is 15.6 Å². The number of nitrogens with zero attached hydrogens (tertiary/aromatic N) is 2. The molecule has 1 aliphatic rings. The molecule has 2 rings (SSSR count). The van der Waals surface area contributed by atoms with Crippen molar-refractivity contribution in [3.8, 4) is 0 Å². The van der Waals surface area contributed by atoms with Gasteiger partial charge < -0.3 is 20.7 Å². The second-order valence-electron chi connectivity index (χ2n) is 3.87. The summed E-state index contributed by atoms with van der Waals surface area (Å²) < 4.78 is 17.8. The van der Waals surface area contributed by atoms with Crippen molar-refractivity contribution in [2.45, 2.75) is 23.0 Å². The molecule has 100 valence electrons. The predicted molar refractivity (Wildman–Crippen MR) is 62.7 cm³/mol. The minimum absolute atomic E-state index is 0.00691. The number of anilines is 1. The lowest BCUT2D eigenvalue weighted by Crippen LogP contribution is -2.40. The van der Waals surface area contributed by atoms with E-state index in [1.54, 1.807) is 0 Å². The summed E-state index contributed by atoms with van der Waals surface area (Å²) in [4.78, 5) is 15.0. The highest BCUT2D eigenvalue weighted by molar-refractivity contribution is 9.10. The Balaban J connectivity index is 2.42. The molecule has 4 atom stereocenters. The molecule has 0 amide bonds. The highest BCUT2D eigenvalue weighted by atomic mass is 79.9. The van der Waals surface area contributed by atoms with Crippen LogP contribution >= 0.6 is 15.9 Å². The number of aliphatic hydroxyl groups excluding tert-OH is 2. The van der Waals surface area contributed by atoms with Gasteiger partial charge in [-0.2, -0.15) is 4.98 Å². The van der Waals surface area contributed by atoms with Gasteiger partial charge in [-0.15, -0.1) is 0 Å². The highest BCUT2D eigenvalue weighted by Crippen LogP contribution is 2.45. The van der Waals surface area contributed by atoms with Crippen molar-refractivity contribution < 1.29 is 19.3 Å². The third-order valence-electron chi connectivity index (χ3n) is 2.66. The summed E-state index contributed by atoms with van der Waals surface area (Å²) in [5, 5.41) is 18.6. The van der Waals surface area contributed by atoms with Gasteiger partial charge in [0.2, 0.25) is 4.58 Å². The fourth-order valence-corrected chi connectivity index (χ4v) is 2.35. The van der Waals surface area contributed by atoms with Crippen molar-refractivity contribution in [3.63, 3.8) is 0 Å². The first kappa shape index (κ1) is 13.4. The summed E-state index contributed by atoms with van der Waals surface area (Å²) in [5.41, 5.74) is 4.50. The summed E-state index contributed by atoms with van der Waals surface area (Å²) in [6.45, 7) is -0.577. The zero-order valence-electron chi connectivity index (χ0n) is 9.03. The van der Waals surface area contributed by atoms with Crippen LogP contribution in [-0.4, -0.2) is 43.2 Å². The van der Waals surface area contributed by atoms with Crippen LogP contribution in [-0.2, 0) is 4.74 Å². The van der Waals surface area contributed by atoms with Gasteiger partial charge in [-0.3, -0.25) is 4.57 Å². The standard InChI is InChI=1S/C9H11BrFN3O4/c10-9(11)6(16)4(3-15)18-7(9)14-2-1-5(12)13-8(14)17/h1-2,4,6-7,15-16H,3H2,(H2,12,13,17)/t4-,6?,7-,9?/m1/s1. The Labute approximate surface area is 109 Å². The highest BCUT2D eigenvalue weighted by Gasteiger charge is 2.56. The van der Waals surface area contributed by atoms with Gasteiger partial charge in [0, 0.05) is 6.20 Å². The van der Waals surface area contributed by atoms with Gasteiger partial charge in [0.05, 0.1) is 6.61 Å². The zero-order valence-corrected chi connectivity index (χ0v) is 10.6. The van der Waals surface area contributed by atoms with Crippen molar-refractivity contribution in [3.05, 3.63) is 22.7 Å². The van der Waals surface area contributed by atoms with Gasteiger partial charge in [-0.25, -0.2) is 9.18 Å². The monoisotopic (exact) mass is 323 g/mol. The first-order valence-electron chi connectivity index (χ1n) is 5.04. The summed E-state index contributed by atoms with van der Waals surface area (Å²) in [7, 11) is 0. The minimum atomic E-state index is -2.40. The lowest BCUT2D eigenvalue weighted by Gasteiger charge is -2.22. The summed E-state index contributed by atoms with van der Waals surface area (Å²) >= 11 is 2.67. The molecule has 0 aromatic carbocycles. The number of aromatic nitrogens is 2. The topological polar surface area (TPSA) is 111 Å². The molecule has 0 saturated carbocycles. The van der Waals surface area contributed by atoms with Crippen LogP contribution in [0.25, 0.3) is 0 Å². The second kappa shape index (κ2) is 4.57. The van der Waals surface area contributed by atoms with E-state index in [9.17, 15) is 14.3 Å². The number of aliphatic hydroxyl groups is 2. The molecule has 1 aliphatic heterocycles. The van der Waals surface area contributed by atoms with Crippen LogP contribution in [0, 0.1) is 0 Å². The maximum absolute atomic E-state index is 14.3. The van der Waals surface area contributed by atoms with E-state index in [0.29, 0.717) is 0 Å². The van der Waals surface area contributed by atoms with E-state index in [0.717, 1.165) is 4.57 Å². The van der Waals surface area contributed by atoms with Crippen LogP contribution in [0.3, 0.4) is 0 Å². The van der Waals surface area contributed by atoms with Gasteiger partial charge in [-0.1, -0.05) is 0 Å². The van der Waals surface area contributed by atoms with E-state index in [-0.39, 0.29) is 5.82 Å². The smallest absolute Gasteiger partial charge is 0.351 e. The fourth-order valence-electron chi connectivity index (χ4n) is 1.72. The Morgan fingerprint density at radius 1 is 1.72 bits per heavy atom. The molecule has 1 aromatic rings. The van der Waals surface area contributed by atoms with Crippen LogP contribution in [0.4, 0.5) is 10.2 Å². The summed E-state index contributed by atoms with van der Waals surface area (Å²) in [6, 6.07) is 1.30. The molecule has 9 heteroatoms. The summed E-state index contributed by atoms with van der Waals surface area (Å²) in [6.07, 6.45) is -2.98. The first-order valence-corrected chi connectivity index (χ1v) is 5.84. The number of rotatable bonds is 2. The van der Waals surface area contributed by atoms with Gasteiger partial charge in [-0.05, 0) is 22.0 Å². The molecular weight excluding hydrogens is 313 g/mol. The Morgan fingerprint density at radius 2 is 2.39 bits per heavy atom. The maximum Gasteiger partial charge on any atom is 0.351 e. The van der Waals surface area contributed by atoms with E-state index < -0.39 is 35.3 Å². The van der Waals surface area contributed by atoms with Crippen molar-refractivity contribution in [2.75, 3.05) is 12.3 Å². The van der Waals surface area contributed by atoms with E-state index in [1.807, 2.05) is 0 Å². The van der Waals surface area contributed by atoms with Crippen molar-refractivity contribution in [2.24, 2.45) is 0 Å². The summed E-state index contributed by atoms with van der Waals surface area (Å²) in [5.74, 6) is -0.00691. The third-order valence-corrected chi connectivity index (χ3v) is 3.52. The van der Waals surface area contributed by atoms with Crippen molar-refractivity contribution in [1.29, 1.82) is 0 Å². The van der Waals surface area contributed by atoms with Crippen molar-refractivity contribution in [1.82, 2.24) is 9.55 Å². The molecule has 18 heavy (non-hydrogen) atoms. The molecule has 0 bridgehead atoms. The Morgan fingerprint density at radius 3 is 2.89 bits per heavy atom. The first-order chi connectivity index (χ1) is 8.37. The van der Waals surface area contributed by atoms with Crippen molar-refractivity contribution >= 4 is 21.7 Å². The number of alkyl halides is 2. The predicted octanol–water partition coefficient (Wildman–Crippen LogP) is -0.863. The number of nitrogens with two attached hydrogens (primary N) is 1. The van der Waals surface area contributed by atoms with E-state index >= 15 is 0 Å². The molecule has 2 unspecified atom stereocenters. The van der Waals surface area contributed by atoms with Crippen LogP contribution in [0.15, 0.2) is 17.1 Å². The lowest BCUT2D eigenvalue weighted by molar-refractivity contribution is -0.0506. The van der Waals surface area contributed by atoms with Crippen LogP contribution in [0.1, 0.15) is 6.23 Å². The molecule has 1 aromatic heterocycles. The zero-order chi connectivity index (χ0) is 13.5. The number of halogens is 2. The minimum Gasteiger partial charge on any atom is -0.394 e. The molecule has 1 saturated heterocycles. The largest absolute Gasteiger partial charge is 0.394 e. The molecular formula is C9H11BrFN3O4. The second-order valence-corrected chi connectivity index (χ2v) is 5.09. The number of nitrogen functional groups attached to an aromatic ring is 1. The molecule has 1 fully saturated rings. The Hall–Kier alpha value is -1.03. The van der Waals surface area contributed by atoms with Gasteiger partial charge in [0.15, 0.2) is 6.23 Å². The quantitative estimate of drug-likeness (QED) is 0.611. The van der Waals surface area contributed by atoms with Crippen LogP contribution < -0.4 is 11.4 Å². The van der Waals surface area contributed by atoms with E-state index in [2.05, 4.69) is 20.9 Å². The SMILES string of the molecule is Nc1ccn([C@@H]2O[C@H](CO)C(O)C2(F)Br)c(=O)n1. The fraction of sp³-hybridized carbons (Fsp3) is 0.556. The van der Waals surface area contributed by atoms with Gasteiger partial charge in [0.1, 0.15) is 18.0 Å². The van der Waals surface area contributed by atoms with Gasteiger partial charge >= 0.3 is 5.69 Å². The van der Waals surface area contributed by atoms with Crippen LogP contribution in [0.2, 0.25) is 0 Å². The number of hydrogen-bond donors (Lipinski definition) is 3. The van der Waals surface area contributed by atoms with Crippen LogP contribution in [0.5, 0.6) is 0 Å². The normalized spacial score (nSPS) is 35.9. The Kier molecular flexibility index (Phi) is 3.41. The molecule has 0 spiro atoms. The third kappa shape index (κ3) is 2.03. The number of ether oxygens (including phenoxy) is 1. The maximum atomic E-state index is 14.3. The molecule has 2 heterocycles. The molecule has 0 aliphatic carbocycles. The molecule has 0 radical (unpaired) electrons. The average Bonchev–Trinajstić information content (AvgIpc) is 2.52. The Bertz CT molecular complexity index is 509.